The average molecular weight is 244 g/mol. The van der Waals surface area contributed by atoms with Crippen LogP contribution in [0.25, 0.3) is 0 Å². The Kier molecular flexibility index (Phi) is 5.02. The molecule has 0 aliphatic heterocycles. The summed E-state index contributed by atoms with van der Waals surface area (Å²) >= 11 is 0. The number of urea groups is 1. The van der Waals surface area contributed by atoms with Gasteiger partial charge in [0.1, 0.15) is 6.54 Å². The molecule has 0 saturated heterocycles. The normalized spacial score (nSPS) is 15.1. The lowest BCUT2D eigenvalue weighted by atomic mass is 10.2. The molecule has 0 aromatic rings. The minimum atomic E-state index is -4.58. The van der Waals surface area contributed by atoms with E-state index in [1.165, 1.54) is 5.32 Å². The number of carboxylic acid groups (broad SMARTS) is 1. The highest BCUT2D eigenvalue weighted by atomic mass is 19.4. The second-order valence-electron chi connectivity index (χ2n) is 3.00. The maximum atomic E-state index is 11.7. The molecule has 0 radical (unpaired) electrons. The van der Waals surface area contributed by atoms with Gasteiger partial charge < -0.3 is 20.8 Å². The summed E-state index contributed by atoms with van der Waals surface area (Å²) in [4.78, 5) is 21.3. The van der Waals surface area contributed by atoms with Crippen molar-refractivity contribution in [3.63, 3.8) is 0 Å². The molecule has 2 atom stereocenters. The smallest absolute Gasteiger partial charge is 0.405 e. The van der Waals surface area contributed by atoms with E-state index in [0.29, 0.717) is 0 Å². The minimum Gasteiger partial charge on any atom is -0.480 e. The van der Waals surface area contributed by atoms with Crippen LogP contribution in [0.4, 0.5) is 18.0 Å². The van der Waals surface area contributed by atoms with Crippen LogP contribution in [-0.2, 0) is 4.79 Å². The fourth-order valence-corrected chi connectivity index (χ4v) is 0.761. The van der Waals surface area contributed by atoms with Gasteiger partial charge in [0.2, 0.25) is 0 Å². The molecular formula is C7H11F3N2O4. The second-order valence-corrected chi connectivity index (χ2v) is 3.00. The summed E-state index contributed by atoms with van der Waals surface area (Å²) < 4.78 is 35.0. The second kappa shape index (κ2) is 5.54. The molecule has 6 nitrogen and oxygen atoms in total. The van der Waals surface area contributed by atoms with Crippen LogP contribution in [0.1, 0.15) is 6.92 Å². The van der Waals surface area contributed by atoms with Crippen molar-refractivity contribution in [3.05, 3.63) is 0 Å². The molecule has 94 valence electrons. The monoisotopic (exact) mass is 244 g/mol. The Morgan fingerprint density at radius 1 is 1.38 bits per heavy atom. The Labute approximate surface area is 88.4 Å². The van der Waals surface area contributed by atoms with Gasteiger partial charge in [-0.05, 0) is 6.92 Å². The predicted molar refractivity (Wildman–Crippen MR) is 45.7 cm³/mol. The molecule has 0 spiro atoms. The van der Waals surface area contributed by atoms with Crippen LogP contribution >= 0.6 is 0 Å². The number of aliphatic carboxylic acids is 1. The van der Waals surface area contributed by atoms with Crippen molar-refractivity contribution >= 4 is 12.0 Å². The van der Waals surface area contributed by atoms with Gasteiger partial charge in [0.25, 0.3) is 0 Å². The van der Waals surface area contributed by atoms with Crippen LogP contribution in [0.5, 0.6) is 0 Å². The SMILES string of the molecule is C[C@@H](O)[C@H](NC(=O)NCC(F)(F)F)C(=O)O. The van der Waals surface area contributed by atoms with E-state index in [4.69, 9.17) is 10.2 Å². The van der Waals surface area contributed by atoms with Crippen LogP contribution in [-0.4, -0.2) is 47.1 Å². The average Bonchev–Trinajstić information content (AvgIpc) is 2.08. The molecule has 0 aliphatic carbocycles. The highest BCUT2D eigenvalue weighted by Crippen LogP contribution is 2.11. The maximum absolute atomic E-state index is 11.7. The van der Waals surface area contributed by atoms with Crippen molar-refractivity contribution in [3.8, 4) is 0 Å². The number of alkyl halides is 3. The first-order chi connectivity index (χ1) is 7.13. The molecule has 0 heterocycles. The van der Waals surface area contributed by atoms with Gasteiger partial charge in [-0.2, -0.15) is 13.2 Å². The fourth-order valence-electron chi connectivity index (χ4n) is 0.761. The van der Waals surface area contributed by atoms with Crippen molar-refractivity contribution in [1.29, 1.82) is 0 Å². The molecule has 0 fully saturated rings. The van der Waals surface area contributed by atoms with Gasteiger partial charge in [0.05, 0.1) is 6.10 Å². The highest BCUT2D eigenvalue weighted by molar-refractivity contribution is 5.82. The van der Waals surface area contributed by atoms with Gasteiger partial charge in [-0.25, -0.2) is 9.59 Å². The maximum Gasteiger partial charge on any atom is 0.405 e. The van der Waals surface area contributed by atoms with Crippen molar-refractivity contribution in [2.75, 3.05) is 6.54 Å². The molecule has 0 aliphatic rings. The Morgan fingerprint density at radius 3 is 2.19 bits per heavy atom. The largest absolute Gasteiger partial charge is 0.480 e. The van der Waals surface area contributed by atoms with Gasteiger partial charge in [-0.15, -0.1) is 0 Å². The summed E-state index contributed by atoms with van der Waals surface area (Å²) in [5, 5.41) is 20.5. The van der Waals surface area contributed by atoms with Crippen molar-refractivity contribution in [2.45, 2.75) is 25.2 Å². The quantitative estimate of drug-likeness (QED) is 0.544. The third kappa shape index (κ3) is 6.06. The van der Waals surface area contributed by atoms with Crippen LogP contribution in [0.15, 0.2) is 0 Å². The van der Waals surface area contributed by atoms with Gasteiger partial charge in [0.15, 0.2) is 6.04 Å². The van der Waals surface area contributed by atoms with E-state index < -0.39 is 36.9 Å². The number of aliphatic hydroxyl groups excluding tert-OH is 1. The number of aliphatic hydroxyl groups is 1. The Balaban J connectivity index is 4.17. The van der Waals surface area contributed by atoms with E-state index in [0.717, 1.165) is 6.92 Å². The van der Waals surface area contributed by atoms with Crippen molar-refractivity contribution in [2.24, 2.45) is 0 Å². The van der Waals surface area contributed by atoms with E-state index in [-0.39, 0.29) is 0 Å². The predicted octanol–water partition coefficient (Wildman–Crippen LogP) is -0.318. The molecule has 0 aromatic heterocycles. The number of hydrogen-bond donors (Lipinski definition) is 4. The van der Waals surface area contributed by atoms with E-state index in [2.05, 4.69) is 0 Å². The lowest BCUT2D eigenvalue weighted by Gasteiger charge is -2.17. The fraction of sp³-hybridized carbons (Fsp3) is 0.714. The summed E-state index contributed by atoms with van der Waals surface area (Å²) in [5.74, 6) is -1.54. The summed E-state index contributed by atoms with van der Waals surface area (Å²) in [7, 11) is 0. The third-order valence-corrected chi connectivity index (χ3v) is 1.48. The number of amides is 2. The van der Waals surface area contributed by atoms with Crippen LogP contribution in [0.2, 0.25) is 0 Å². The Morgan fingerprint density at radius 2 is 1.88 bits per heavy atom. The topological polar surface area (TPSA) is 98.7 Å². The number of carbonyl (C=O) groups excluding carboxylic acids is 1. The number of carboxylic acids is 1. The number of rotatable bonds is 4. The van der Waals surface area contributed by atoms with E-state index >= 15 is 0 Å². The van der Waals surface area contributed by atoms with Gasteiger partial charge in [-0.1, -0.05) is 0 Å². The third-order valence-electron chi connectivity index (χ3n) is 1.48. The summed E-state index contributed by atoms with van der Waals surface area (Å²) in [6.45, 7) is -0.492. The zero-order valence-electron chi connectivity index (χ0n) is 8.21. The first-order valence-electron chi connectivity index (χ1n) is 4.15. The van der Waals surface area contributed by atoms with Gasteiger partial charge in [-0.3, -0.25) is 0 Å². The first-order valence-corrected chi connectivity index (χ1v) is 4.15. The summed E-state index contributed by atoms with van der Waals surface area (Å²) in [6, 6.07) is -2.97. The van der Waals surface area contributed by atoms with Gasteiger partial charge >= 0.3 is 18.2 Å². The molecular weight excluding hydrogens is 233 g/mol. The van der Waals surface area contributed by atoms with Crippen molar-refractivity contribution in [1.82, 2.24) is 10.6 Å². The number of hydrogen-bond acceptors (Lipinski definition) is 3. The standard InChI is InChI=1S/C7H11F3N2O4/c1-3(13)4(5(14)15)12-6(16)11-2-7(8,9)10/h3-4,13H,2H2,1H3,(H,14,15)(H2,11,12,16)/t3-,4+/m1/s1. The van der Waals surface area contributed by atoms with Crippen molar-refractivity contribution < 1.29 is 33.0 Å². The van der Waals surface area contributed by atoms with Crippen LogP contribution in [0.3, 0.4) is 0 Å². The Hall–Kier alpha value is -1.51. The lowest BCUT2D eigenvalue weighted by molar-refractivity contribution is -0.141. The van der Waals surface area contributed by atoms with E-state index in [1.54, 1.807) is 5.32 Å². The number of carbonyl (C=O) groups is 2. The molecule has 0 saturated carbocycles. The Bertz CT molecular complexity index is 267. The van der Waals surface area contributed by atoms with Crippen LogP contribution < -0.4 is 10.6 Å². The molecule has 0 aromatic carbocycles. The molecule has 16 heavy (non-hydrogen) atoms. The minimum absolute atomic E-state index is 1.09. The molecule has 0 unspecified atom stereocenters. The molecule has 4 N–H and O–H groups in total. The molecule has 9 heteroatoms. The zero-order chi connectivity index (χ0) is 12.9. The van der Waals surface area contributed by atoms with Crippen LogP contribution in [0, 0.1) is 0 Å². The molecule has 0 bridgehead atoms. The zero-order valence-corrected chi connectivity index (χ0v) is 8.21. The lowest BCUT2D eigenvalue weighted by Crippen LogP contribution is -2.52. The molecule has 0 rings (SSSR count). The number of halogens is 3. The molecule has 2 amide bonds. The van der Waals surface area contributed by atoms with Gasteiger partial charge in [0, 0.05) is 0 Å². The summed E-state index contributed by atoms with van der Waals surface area (Å²) in [5.41, 5.74) is 0. The number of nitrogens with one attached hydrogen (secondary N) is 2. The summed E-state index contributed by atoms with van der Waals surface area (Å²) in [6.07, 6.45) is -6.00. The highest BCUT2D eigenvalue weighted by Gasteiger charge is 2.29. The first kappa shape index (κ1) is 14.5. The van der Waals surface area contributed by atoms with E-state index in [1.807, 2.05) is 0 Å². The van der Waals surface area contributed by atoms with E-state index in [9.17, 15) is 22.8 Å².